The van der Waals surface area contributed by atoms with Crippen molar-refractivity contribution in [3.8, 4) is 0 Å². The molecule has 2 aliphatic carbocycles. The molecule has 2 saturated heterocycles. The Kier molecular flexibility index (Phi) is 6.36. The van der Waals surface area contributed by atoms with Crippen LogP contribution in [0.5, 0.6) is 0 Å². The van der Waals surface area contributed by atoms with Gasteiger partial charge in [-0.1, -0.05) is 52.8 Å². The largest absolute Gasteiger partial charge is 0.545 e. The highest BCUT2D eigenvalue weighted by Gasteiger charge is 2.43. The number of carbonyl (C=O) groups is 2. The number of carboxylic acids is 1. The van der Waals surface area contributed by atoms with Crippen LogP contribution in [0.3, 0.4) is 0 Å². The monoisotopic (exact) mass is 550 g/mol. The molecule has 4 aliphatic rings. The minimum atomic E-state index is -1.18. The number of anilines is 1. The first kappa shape index (κ1) is 27.3. The molecule has 0 unspecified atom stereocenters. The molecular weight excluding hydrogens is 512 g/mol. The maximum atomic E-state index is 12.5. The third-order valence-electron chi connectivity index (χ3n) is 9.27. The van der Waals surface area contributed by atoms with E-state index >= 15 is 0 Å². The first-order chi connectivity index (χ1) is 19.4. The molecule has 2 heterocycles. The van der Waals surface area contributed by atoms with Gasteiger partial charge in [0.15, 0.2) is 24.7 Å². The number of benzene rings is 2. The Balaban J connectivity index is 1.59. The van der Waals surface area contributed by atoms with Crippen molar-refractivity contribution in [3.05, 3.63) is 93.6 Å². The van der Waals surface area contributed by atoms with E-state index in [1.807, 2.05) is 12.1 Å². The van der Waals surface area contributed by atoms with Crippen LogP contribution in [0.1, 0.15) is 73.7 Å². The number of hydrogen-bond donors (Lipinski definition) is 0. The molecule has 2 fully saturated rings. The maximum absolute atomic E-state index is 12.5. The molecule has 41 heavy (non-hydrogen) atoms. The second kappa shape index (κ2) is 9.57. The molecule has 0 amide bonds. The Hall–Kier alpha value is -3.93. The molecule has 2 aliphatic heterocycles. The molecule has 6 rings (SSSR count). The number of esters is 1. The highest BCUT2D eigenvalue weighted by atomic mass is 16.5. The summed E-state index contributed by atoms with van der Waals surface area (Å²) >= 11 is 0. The summed E-state index contributed by atoms with van der Waals surface area (Å²) in [4.78, 5) is 26.9. The van der Waals surface area contributed by atoms with Gasteiger partial charge in [-0.3, -0.25) is 4.79 Å². The van der Waals surface area contributed by atoms with Gasteiger partial charge in [-0.15, -0.1) is 0 Å². The lowest BCUT2D eigenvalue weighted by molar-refractivity contribution is -0.597. The minimum Gasteiger partial charge on any atom is -0.545 e. The lowest BCUT2D eigenvalue weighted by atomic mass is 9.63. The summed E-state index contributed by atoms with van der Waals surface area (Å²) in [6, 6.07) is 12.3. The molecule has 0 saturated carbocycles. The van der Waals surface area contributed by atoms with Crippen LogP contribution in [0.4, 0.5) is 5.69 Å². The third-order valence-corrected chi connectivity index (χ3v) is 9.27. The molecular formula is C35H38N2O4. The molecule has 0 radical (unpaired) electrons. The van der Waals surface area contributed by atoms with Gasteiger partial charge >= 0.3 is 5.97 Å². The van der Waals surface area contributed by atoms with Gasteiger partial charge in [0.05, 0.1) is 13.1 Å². The van der Waals surface area contributed by atoms with Gasteiger partial charge in [-0.05, 0) is 75.1 Å². The van der Waals surface area contributed by atoms with E-state index in [0.717, 1.165) is 46.6 Å². The summed E-state index contributed by atoms with van der Waals surface area (Å²) in [5, 5.41) is 12.5. The van der Waals surface area contributed by atoms with E-state index in [2.05, 4.69) is 80.5 Å². The molecule has 2 aromatic rings. The van der Waals surface area contributed by atoms with Gasteiger partial charge in [-0.2, -0.15) is 0 Å². The number of carboxylic acid groups (broad SMARTS) is 1. The summed E-state index contributed by atoms with van der Waals surface area (Å²) in [6.07, 6.45) is 7.64. The lowest BCUT2D eigenvalue weighted by Gasteiger charge is -2.41. The summed E-state index contributed by atoms with van der Waals surface area (Å²) in [7, 11) is 1.44. The quantitative estimate of drug-likeness (QED) is 0.417. The summed E-state index contributed by atoms with van der Waals surface area (Å²) in [5.74, 6) is -1.46. The Morgan fingerprint density at radius 1 is 1.02 bits per heavy atom. The van der Waals surface area contributed by atoms with E-state index in [0.29, 0.717) is 18.7 Å². The van der Waals surface area contributed by atoms with Crippen molar-refractivity contribution in [3.63, 3.8) is 0 Å². The Morgan fingerprint density at radius 2 is 1.76 bits per heavy atom. The SMILES string of the molecule is COC(=O)C1C[N+](=C2C=CC3=C(c4cc(C(C)(C)C)ccc4C(=O)[O-])c4ccc(N5CCC5)cc4C(C)(C)C3=C2)C1. The van der Waals surface area contributed by atoms with Crippen molar-refractivity contribution in [2.45, 2.75) is 51.9 Å². The van der Waals surface area contributed by atoms with E-state index in [1.165, 1.54) is 24.8 Å². The number of nitrogens with zero attached hydrogens (tertiary/aromatic N) is 2. The highest BCUT2D eigenvalue weighted by molar-refractivity contribution is 6.08. The number of fused-ring (bicyclic) bond motifs is 2. The number of methoxy groups -OCH3 is 1. The van der Waals surface area contributed by atoms with Crippen LogP contribution in [0.25, 0.3) is 5.57 Å². The van der Waals surface area contributed by atoms with Gasteiger partial charge in [0.1, 0.15) is 0 Å². The number of rotatable bonds is 4. The van der Waals surface area contributed by atoms with Gasteiger partial charge < -0.3 is 19.5 Å². The van der Waals surface area contributed by atoms with Crippen molar-refractivity contribution in [2.24, 2.45) is 5.92 Å². The molecule has 0 aromatic heterocycles. The normalized spacial score (nSPS) is 21.0. The van der Waals surface area contributed by atoms with Crippen molar-refractivity contribution in [1.29, 1.82) is 0 Å². The molecule has 0 spiro atoms. The lowest BCUT2D eigenvalue weighted by Crippen LogP contribution is -2.47. The summed E-state index contributed by atoms with van der Waals surface area (Å²) < 4.78 is 7.15. The van der Waals surface area contributed by atoms with Gasteiger partial charge in [0, 0.05) is 41.9 Å². The van der Waals surface area contributed by atoms with Gasteiger partial charge in [0.25, 0.3) is 0 Å². The van der Waals surface area contributed by atoms with Gasteiger partial charge in [0.2, 0.25) is 0 Å². The smallest absolute Gasteiger partial charge is 0.321 e. The fraction of sp³-hybridized carbons (Fsp3) is 0.400. The van der Waals surface area contributed by atoms with E-state index in [-0.39, 0.29) is 28.3 Å². The highest BCUT2D eigenvalue weighted by Crippen LogP contribution is 2.51. The summed E-state index contributed by atoms with van der Waals surface area (Å²) in [6.45, 7) is 14.3. The Labute approximate surface area is 242 Å². The van der Waals surface area contributed by atoms with Crippen LogP contribution in [-0.2, 0) is 20.4 Å². The second-order valence-electron chi connectivity index (χ2n) is 13.2. The topological polar surface area (TPSA) is 72.7 Å². The molecule has 0 atom stereocenters. The fourth-order valence-corrected chi connectivity index (χ4v) is 6.48. The maximum Gasteiger partial charge on any atom is 0.321 e. The zero-order valence-corrected chi connectivity index (χ0v) is 24.8. The van der Waals surface area contributed by atoms with E-state index < -0.39 is 5.97 Å². The molecule has 6 heteroatoms. The van der Waals surface area contributed by atoms with Crippen LogP contribution >= 0.6 is 0 Å². The minimum absolute atomic E-state index is 0.114. The number of hydrogen-bond acceptors (Lipinski definition) is 5. The van der Waals surface area contributed by atoms with E-state index in [4.69, 9.17) is 4.74 Å². The fourth-order valence-electron chi connectivity index (χ4n) is 6.48. The predicted molar refractivity (Wildman–Crippen MR) is 160 cm³/mol. The van der Waals surface area contributed by atoms with Crippen LogP contribution in [0.2, 0.25) is 0 Å². The van der Waals surface area contributed by atoms with Crippen molar-refractivity contribution < 1.29 is 24.0 Å². The van der Waals surface area contributed by atoms with Crippen molar-refractivity contribution >= 4 is 28.9 Å². The molecule has 6 nitrogen and oxygen atoms in total. The van der Waals surface area contributed by atoms with Crippen LogP contribution in [-0.4, -0.2) is 55.5 Å². The third kappa shape index (κ3) is 4.44. The molecule has 0 N–H and O–H groups in total. The zero-order chi connectivity index (χ0) is 29.3. The number of aromatic carboxylic acids is 1. The first-order valence-corrected chi connectivity index (χ1v) is 14.5. The predicted octanol–water partition coefficient (Wildman–Crippen LogP) is 4.40. The standard InChI is InChI=1S/C35H38N2O4/c1-34(2,3)22-8-11-25(32(38)39)28(16-22)31-26-12-9-23(36-14-7-15-36)17-29(26)35(4,5)30-18-24(10-13-27(30)31)37-19-21(20-37)33(40)41-6/h8-13,16-18,21H,7,14-15,19-20H2,1-6H3. The zero-order valence-electron chi connectivity index (χ0n) is 24.8. The molecule has 0 bridgehead atoms. The average Bonchev–Trinajstić information content (AvgIpc) is 2.86. The van der Waals surface area contributed by atoms with Crippen LogP contribution in [0.15, 0.2) is 65.8 Å². The van der Waals surface area contributed by atoms with Crippen LogP contribution < -0.4 is 10.0 Å². The van der Waals surface area contributed by atoms with Crippen molar-refractivity contribution in [1.82, 2.24) is 0 Å². The Morgan fingerprint density at radius 3 is 2.37 bits per heavy atom. The summed E-state index contributed by atoms with van der Waals surface area (Å²) in [5.41, 5.74) is 9.07. The van der Waals surface area contributed by atoms with E-state index in [9.17, 15) is 14.7 Å². The van der Waals surface area contributed by atoms with Gasteiger partial charge in [-0.25, -0.2) is 4.58 Å². The molecule has 212 valence electrons. The number of carbonyl (C=O) groups excluding carboxylic acids is 2. The number of ether oxygens (including phenoxy) is 1. The second-order valence-corrected chi connectivity index (χ2v) is 13.2. The van der Waals surface area contributed by atoms with Crippen LogP contribution in [0, 0.1) is 5.92 Å². The van der Waals surface area contributed by atoms with Crippen molar-refractivity contribution in [2.75, 3.05) is 38.2 Å². The average molecular weight is 551 g/mol. The first-order valence-electron chi connectivity index (χ1n) is 14.5. The number of allylic oxidation sites excluding steroid dienone is 5. The molecule has 2 aromatic carbocycles. The van der Waals surface area contributed by atoms with E-state index in [1.54, 1.807) is 6.07 Å². The Bertz CT molecular complexity index is 1600.